The third kappa shape index (κ3) is 3.64. The van der Waals surface area contributed by atoms with Crippen molar-refractivity contribution in [2.45, 2.75) is 45.1 Å². The Morgan fingerprint density at radius 3 is 2.48 bits per heavy atom. The number of imide groups is 1. The van der Waals surface area contributed by atoms with Crippen LogP contribution >= 0.6 is 23.4 Å². The number of rotatable bonds is 3. The Morgan fingerprint density at radius 1 is 1.17 bits per heavy atom. The Hall–Kier alpha value is -1.26. The van der Waals surface area contributed by atoms with E-state index in [2.05, 4.69) is 0 Å². The van der Waals surface area contributed by atoms with E-state index in [1.807, 2.05) is 19.1 Å². The molecule has 0 N–H and O–H groups in total. The van der Waals surface area contributed by atoms with Gasteiger partial charge in [-0.2, -0.15) is 0 Å². The first-order valence-electron chi connectivity index (χ1n) is 8.09. The van der Waals surface area contributed by atoms with Gasteiger partial charge < -0.3 is 0 Å². The Kier molecular flexibility index (Phi) is 5.12. The van der Waals surface area contributed by atoms with Gasteiger partial charge in [0.2, 0.25) is 0 Å². The van der Waals surface area contributed by atoms with Crippen LogP contribution < -0.4 is 0 Å². The van der Waals surface area contributed by atoms with E-state index in [1.165, 1.54) is 24.2 Å². The van der Waals surface area contributed by atoms with Gasteiger partial charge in [-0.3, -0.25) is 14.5 Å². The molecule has 1 atom stereocenters. The maximum Gasteiger partial charge on any atom is 0.293 e. The third-order valence-corrected chi connectivity index (χ3v) is 5.87. The van der Waals surface area contributed by atoms with Crippen molar-refractivity contribution >= 4 is 40.6 Å². The third-order valence-electron chi connectivity index (χ3n) is 4.73. The summed E-state index contributed by atoms with van der Waals surface area (Å²) >= 11 is 6.91. The molecule has 3 rings (SSSR count). The smallest absolute Gasteiger partial charge is 0.268 e. The Morgan fingerprint density at radius 2 is 1.83 bits per heavy atom. The first kappa shape index (κ1) is 16.6. The number of carbonyl (C=O) groups excluding carboxylic acids is 2. The number of nitrogens with zero attached hydrogens (tertiary/aromatic N) is 1. The standard InChI is InChI=1S/C18H20ClNO2S/c1-12(14-5-3-2-4-6-14)20-17(21)16(23-18(20)22)11-13-7-9-15(19)10-8-13/h7-12,14H,2-6H2,1H3. The first-order chi connectivity index (χ1) is 11.1. The molecule has 3 nitrogen and oxygen atoms in total. The van der Waals surface area contributed by atoms with E-state index in [9.17, 15) is 9.59 Å². The number of amides is 2. The molecule has 1 saturated carbocycles. The van der Waals surface area contributed by atoms with Gasteiger partial charge in [-0.25, -0.2) is 0 Å². The van der Waals surface area contributed by atoms with Crippen LogP contribution in [0.25, 0.3) is 6.08 Å². The van der Waals surface area contributed by atoms with Crippen LogP contribution in [0.15, 0.2) is 29.2 Å². The second-order valence-corrected chi connectivity index (χ2v) is 7.67. The number of benzene rings is 1. The molecule has 0 aromatic heterocycles. The fourth-order valence-corrected chi connectivity index (χ4v) is 4.41. The quantitative estimate of drug-likeness (QED) is 0.691. The van der Waals surface area contributed by atoms with Crippen molar-refractivity contribution in [3.63, 3.8) is 0 Å². The monoisotopic (exact) mass is 349 g/mol. The summed E-state index contributed by atoms with van der Waals surface area (Å²) in [5.74, 6) is 0.278. The van der Waals surface area contributed by atoms with E-state index in [-0.39, 0.29) is 17.2 Å². The molecule has 2 aliphatic rings. The van der Waals surface area contributed by atoms with Crippen LogP contribution in [-0.4, -0.2) is 22.1 Å². The van der Waals surface area contributed by atoms with Crippen molar-refractivity contribution in [2.75, 3.05) is 0 Å². The lowest BCUT2D eigenvalue weighted by atomic mass is 9.84. The molecule has 0 bridgehead atoms. The fourth-order valence-electron chi connectivity index (χ4n) is 3.37. The van der Waals surface area contributed by atoms with E-state index in [1.54, 1.807) is 18.2 Å². The molecular weight excluding hydrogens is 330 g/mol. The molecule has 1 aromatic rings. The first-order valence-corrected chi connectivity index (χ1v) is 9.28. The van der Waals surface area contributed by atoms with Crippen LogP contribution in [0, 0.1) is 5.92 Å². The van der Waals surface area contributed by atoms with E-state index < -0.39 is 0 Å². The molecule has 1 aromatic carbocycles. The maximum absolute atomic E-state index is 12.7. The highest BCUT2D eigenvalue weighted by molar-refractivity contribution is 8.18. The zero-order valence-electron chi connectivity index (χ0n) is 13.1. The zero-order chi connectivity index (χ0) is 16.4. The molecular formula is C18H20ClNO2S. The number of halogens is 1. The van der Waals surface area contributed by atoms with E-state index in [4.69, 9.17) is 11.6 Å². The molecule has 1 saturated heterocycles. The minimum Gasteiger partial charge on any atom is -0.268 e. The van der Waals surface area contributed by atoms with Crippen LogP contribution in [0.2, 0.25) is 5.02 Å². The van der Waals surface area contributed by atoms with Crippen molar-refractivity contribution in [2.24, 2.45) is 5.92 Å². The largest absolute Gasteiger partial charge is 0.293 e. The van der Waals surface area contributed by atoms with Crippen molar-refractivity contribution in [3.05, 3.63) is 39.8 Å². The van der Waals surface area contributed by atoms with Crippen LogP contribution in [0.5, 0.6) is 0 Å². The number of thioether (sulfide) groups is 1. The van der Waals surface area contributed by atoms with E-state index >= 15 is 0 Å². The highest BCUT2D eigenvalue weighted by Gasteiger charge is 2.40. The predicted molar refractivity (Wildman–Crippen MR) is 95.3 cm³/mol. The van der Waals surface area contributed by atoms with Gasteiger partial charge in [0.15, 0.2) is 0 Å². The van der Waals surface area contributed by atoms with Crippen LogP contribution in [-0.2, 0) is 4.79 Å². The molecule has 1 heterocycles. The second kappa shape index (κ2) is 7.10. The molecule has 0 radical (unpaired) electrons. The number of hydrogen-bond donors (Lipinski definition) is 0. The molecule has 122 valence electrons. The molecule has 0 spiro atoms. The van der Waals surface area contributed by atoms with Gasteiger partial charge in [-0.1, -0.05) is 43.0 Å². The summed E-state index contributed by atoms with van der Waals surface area (Å²) < 4.78 is 0. The van der Waals surface area contributed by atoms with E-state index in [0.717, 1.165) is 30.2 Å². The lowest BCUT2D eigenvalue weighted by Crippen LogP contribution is -2.42. The van der Waals surface area contributed by atoms with Crippen LogP contribution in [0.3, 0.4) is 0 Å². The van der Waals surface area contributed by atoms with Crippen LogP contribution in [0.4, 0.5) is 4.79 Å². The Balaban J connectivity index is 1.77. The fraction of sp³-hybridized carbons (Fsp3) is 0.444. The average Bonchev–Trinajstić information content (AvgIpc) is 2.84. The van der Waals surface area contributed by atoms with Gasteiger partial charge in [-0.05, 0) is 61.2 Å². The van der Waals surface area contributed by atoms with Crippen molar-refractivity contribution in [1.82, 2.24) is 4.90 Å². The number of carbonyl (C=O) groups is 2. The maximum atomic E-state index is 12.7. The summed E-state index contributed by atoms with van der Waals surface area (Å²) in [5, 5.41) is 0.509. The molecule has 5 heteroatoms. The van der Waals surface area contributed by atoms with Gasteiger partial charge in [0.05, 0.1) is 4.91 Å². The van der Waals surface area contributed by atoms with Crippen molar-refractivity contribution in [1.29, 1.82) is 0 Å². The molecule has 2 fully saturated rings. The van der Waals surface area contributed by atoms with E-state index in [0.29, 0.717) is 15.8 Å². The lowest BCUT2D eigenvalue weighted by molar-refractivity contribution is -0.125. The minimum atomic E-state index is -0.159. The van der Waals surface area contributed by atoms with Gasteiger partial charge in [0, 0.05) is 11.1 Å². The molecule has 1 aliphatic heterocycles. The summed E-state index contributed by atoms with van der Waals surface area (Å²) in [7, 11) is 0. The van der Waals surface area contributed by atoms with Gasteiger partial charge >= 0.3 is 0 Å². The predicted octanol–water partition coefficient (Wildman–Crippen LogP) is 5.35. The molecule has 1 unspecified atom stereocenters. The zero-order valence-corrected chi connectivity index (χ0v) is 14.7. The Bertz CT molecular complexity index is 635. The van der Waals surface area contributed by atoms with Crippen molar-refractivity contribution in [3.8, 4) is 0 Å². The van der Waals surface area contributed by atoms with Gasteiger partial charge in [0.1, 0.15) is 0 Å². The number of hydrogen-bond acceptors (Lipinski definition) is 3. The molecule has 23 heavy (non-hydrogen) atoms. The van der Waals surface area contributed by atoms with Crippen molar-refractivity contribution < 1.29 is 9.59 Å². The molecule has 1 aliphatic carbocycles. The summed E-state index contributed by atoms with van der Waals surface area (Å²) in [4.78, 5) is 27.0. The molecule has 2 amide bonds. The lowest BCUT2D eigenvalue weighted by Gasteiger charge is -2.32. The van der Waals surface area contributed by atoms with Gasteiger partial charge in [-0.15, -0.1) is 0 Å². The summed E-state index contributed by atoms with van der Waals surface area (Å²) in [5.41, 5.74) is 0.880. The minimum absolute atomic E-state index is 0.0149. The van der Waals surface area contributed by atoms with Crippen LogP contribution in [0.1, 0.15) is 44.6 Å². The topological polar surface area (TPSA) is 37.4 Å². The summed E-state index contributed by atoms with van der Waals surface area (Å²) in [6, 6.07) is 7.24. The average molecular weight is 350 g/mol. The van der Waals surface area contributed by atoms with Gasteiger partial charge in [0.25, 0.3) is 11.1 Å². The Labute approximate surface area is 146 Å². The summed E-state index contributed by atoms with van der Waals surface area (Å²) in [6.07, 6.45) is 7.66. The second-order valence-electron chi connectivity index (χ2n) is 6.24. The highest BCUT2D eigenvalue weighted by Crippen LogP contribution is 2.38. The SMILES string of the molecule is CC(C1CCCCC1)N1C(=O)SC(=Cc2ccc(Cl)cc2)C1=O. The normalized spacial score (nSPS) is 22.9. The summed E-state index contributed by atoms with van der Waals surface area (Å²) in [6.45, 7) is 2.01. The highest BCUT2D eigenvalue weighted by atomic mass is 35.5.